The van der Waals surface area contributed by atoms with Crippen molar-refractivity contribution >= 4 is 17.2 Å². The third kappa shape index (κ3) is 2.26. The lowest BCUT2D eigenvalue weighted by molar-refractivity contribution is 0.0521. The van der Waals surface area contributed by atoms with Gasteiger partial charge in [-0.05, 0) is 56.4 Å². The molecule has 2 aliphatic rings. The molecule has 2 aliphatic carbocycles. The van der Waals surface area contributed by atoms with Crippen molar-refractivity contribution in [2.24, 2.45) is 0 Å². The summed E-state index contributed by atoms with van der Waals surface area (Å²) in [5.41, 5.74) is 0.0865. The van der Waals surface area contributed by atoms with Crippen LogP contribution in [0, 0.1) is 0 Å². The van der Waals surface area contributed by atoms with Gasteiger partial charge in [0, 0.05) is 11.6 Å². The highest BCUT2D eigenvalue weighted by Crippen LogP contribution is 2.57. The molecule has 0 atom stereocenters. The summed E-state index contributed by atoms with van der Waals surface area (Å²) in [7, 11) is 0. The fourth-order valence-corrected chi connectivity index (χ4v) is 4.63. The summed E-state index contributed by atoms with van der Waals surface area (Å²) in [6, 6.07) is 11.2. The smallest absolute Gasteiger partial charge is 0.203 e. The van der Waals surface area contributed by atoms with Crippen LogP contribution in [0.1, 0.15) is 37.9 Å². The van der Waals surface area contributed by atoms with Gasteiger partial charge in [0.2, 0.25) is 5.65 Å². The van der Waals surface area contributed by atoms with E-state index in [1.807, 2.05) is 40.9 Å². The standard InChI is InChI=1S/C19H18ClN3O2/c20-13-4-1-2-5-14(13)25-15-6-3-11-23-16(15)21-22-17(23)18-7-9-19(24,12-18)10-8-18/h1-6,11,24H,7-10,12H2. The van der Waals surface area contributed by atoms with Gasteiger partial charge in [0.1, 0.15) is 11.6 Å². The molecular formula is C19H18ClN3O2. The fraction of sp³-hybridized carbons (Fsp3) is 0.368. The minimum absolute atomic E-state index is 0.0722. The molecule has 0 amide bonds. The lowest BCUT2D eigenvalue weighted by Gasteiger charge is -2.24. The zero-order chi connectivity index (χ0) is 17.1. The van der Waals surface area contributed by atoms with E-state index in [0.717, 1.165) is 37.9 Å². The van der Waals surface area contributed by atoms with Gasteiger partial charge in [-0.3, -0.25) is 4.40 Å². The van der Waals surface area contributed by atoms with Crippen LogP contribution in [-0.4, -0.2) is 25.3 Å². The topological polar surface area (TPSA) is 59.7 Å². The van der Waals surface area contributed by atoms with E-state index in [9.17, 15) is 5.11 Å². The first-order valence-corrected chi connectivity index (χ1v) is 8.96. The second-order valence-electron chi connectivity index (χ2n) is 7.30. The van der Waals surface area contributed by atoms with Gasteiger partial charge in [-0.2, -0.15) is 0 Å². The second kappa shape index (κ2) is 5.19. The van der Waals surface area contributed by atoms with Crippen LogP contribution in [0.4, 0.5) is 0 Å². The first-order valence-electron chi connectivity index (χ1n) is 8.58. The Labute approximate surface area is 150 Å². The maximum absolute atomic E-state index is 10.6. The number of hydrogen-bond donors (Lipinski definition) is 1. The van der Waals surface area contributed by atoms with Gasteiger partial charge < -0.3 is 9.84 Å². The predicted molar refractivity (Wildman–Crippen MR) is 94.2 cm³/mol. The second-order valence-corrected chi connectivity index (χ2v) is 7.71. The number of para-hydroxylation sites is 1. The molecule has 0 saturated heterocycles. The van der Waals surface area contributed by atoms with E-state index < -0.39 is 5.60 Å². The Kier molecular flexibility index (Phi) is 3.15. The molecule has 2 saturated carbocycles. The van der Waals surface area contributed by atoms with Crippen molar-refractivity contribution in [1.29, 1.82) is 0 Å². The molecule has 2 aromatic heterocycles. The van der Waals surface area contributed by atoms with Crippen molar-refractivity contribution in [3.63, 3.8) is 0 Å². The first-order chi connectivity index (χ1) is 12.1. The van der Waals surface area contributed by atoms with Crippen LogP contribution >= 0.6 is 11.6 Å². The number of rotatable bonds is 3. The Morgan fingerprint density at radius 2 is 1.76 bits per heavy atom. The zero-order valence-electron chi connectivity index (χ0n) is 13.7. The van der Waals surface area contributed by atoms with Gasteiger partial charge in [0.05, 0.1) is 10.6 Å². The van der Waals surface area contributed by atoms with Crippen LogP contribution in [0.5, 0.6) is 11.5 Å². The van der Waals surface area contributed by atoms with E-state index >= 15 is 0 Å². The summed E-state index contributed by atoms with van der Waals surface area (Å²) in [4.78, 5) is 0. The highest BCUT2D eigenvalue weighted by Gasteiger charge is 2.56. The van der Waals surface area contributed by atoms with Crippen molar-refractivity contribution in [2.45, 2.75) is 43.1 Å². The van der Waals surface area contributed by atoms with Crippen LogP contribution in [0.15, 0.2) is 42.6 Å². The molecule has 5 nitrogen and oxygen atoms in total. The van der Waals surface area contributed by atoms with E-state index in [1.54, 1.807) is 6.07 Å². The van der Waals surface area contributed by atoms with Gasteiger partial charge in [0.15, 0.2) is 5.75 Å². The molecular weight excluding hydrogens is 338 g/mol. The third-order valence-corrected chi connectivity index (χ3v) is 6.05. The highest BCUT2D eigenvalue weighted by atomic mass is 35.5. The average molecular weight is 356 g/mol. The number of hydrogen-bond acceptors (Lipinski definition) is 4. The normalized spacial score (nSPS) is 27.9. The number of ether oxygens (including phenoxy) is 1. The van der Waals surface area contributed by atoms with Crippen LogP contribution in [-0.2, 0) is 5.41 Å². The summed E-state index contributed by atoms with van der Waals surface area (Å²) in [5, 5.41) is 20.0. The SMILES string of the molecule is OC12CCC(c3nnc4c(Oc5ccccc5Cl)cccn34)(CC1)C2. The van der Waals surface area contributed by atoms with Gasteiger partial charge >= 0.3 is 0 Å². The molecule has 2 heterocycles. The van der Waals surface area contributed by atoms with Crippen molar-refractivity contribution in [2.75, 3.05) is 0 Å². The van der Waals surface area contributed by atoms with E-state index in [4.69, 9.17) is 16.3 Å². The fourth-order valence-electron chi connectivity index (χ4n) is 4.46. The summed E-state index contributed by atoms with van der Waals surface area (Å²) in [6.07, 6.45) is 6.35. The quantitative estimate of drug-likeness (QED) is 0.767. The molecule has 3 aromatic rings. The molecule has 25 heavy (non-hydrogen) atoms. The predicted octanol–water partition coefficient (Wildman–Crippen LogP) is 4.12. The number of halogens is 1. The maximum Gasteiger partial charge on any atom is 0.203 e. The summed E-state index contributed by atoms with van der Waals surface area (Å²) in [6.45, 7) is 0. The molecule has 0 spiro atoms. The van der Waals surface area contributed by atoms with Crippen molar-refractivity contribution < 1.29 is 9.84 Å². The zero-order valence-corrected chi connectivity index (χ0v) is 14.4. The van der Waals surface area contributed by atoms with E-state index in [1.165, 1.54) is 0 Å². The van der Waals surface area contributed by atoms with Crippen molar-refractivity contribution in [1.82, 2.24) is 14.6 Å². The monoisotopic (exact) mass is 355 g/mol. The highest BCUT2D eigenvalue weighted by molar-refractivity contribution is 6.32. The largest absolute Gasteiger partial charge is 0.452 e. The van der Waals surface area contributed by atoms with E-state index in [-0.39, 0.29) is 5.41 Å². The minimum Gasteiger partial charge on any atom is -0.452 e. The third-order valence-electron chi connectivity index (χ3n) is 5.74. The summed E-state index contributed by atoms with van der Waals surface area (Å²) in [5.74, 6) is 2.15. The molecule has 0 aliphatic heterocycles. The Bertz CT molecular complexity index is 960. The number of aromatic nitrogens is 3. The molecule has 6 heteroatoms. The van der Waals surface area contributed by atoms with Crippen LogP contribution < -0.4 is 4.74 Å². The van der Waals surface area contributed by atoms with Crippen LogP contribution in [0.3, 0.4) is 0 Å². The van der Waals surface area contributed by atoms with Gasteiger partial charge in [0.25, 0.3) is 0 Å². The van der Waals surface area contributed by atoms with Gasteiger partial charge in [-0.25, -0.2) is 0 Å². The Balaban J connectivity index is 1.58. The van der Waals surface area contributed by atoms with E-state index in [2.05, 4.69) is 10.2 Å². The minimum atomic E-state index is -0.516. The lowest BCUT2D eigenvalue weighted by Crippen LogP contribution is -2.23. The first kappa shape index (κ1) is 15.2. The molecule has 5 rings (SSSR count). The van der Waals surface area contributed by atoms with Crippen molar-refractivity contribution in [3.8, 4) is 11.5 Å². The molecule has 2 fully saturated rings. The van der Waals surface area contributed by atoms with E-state index in [0.29, 0.717) is 22.2 Å². The maximum atomic E-state index is 10.6. The average Bonchev–Trinajstić information content (AvgIpc) is 3.28. The summed E-state index contributed by atoms with van der Waals surface area (Å²) >= 11 is 6.20. The van der Waals surface area contributed by atoms with Crippen LogP contribution in [0.2, 0.25) is 5.02 Å². The van der Waals surface area contributed by atoms with Gasteiger partial charge in [-0.1, -0.05) is 23.7 Å². The number of fused-ring (bicyclic) bond motifs is 3. The molecule has 1 N–H and O–H groups in total. The molecule has 2 bridgehead atoms. The molecule has 0 radical (unpaired) electrons. The molecule has 1 aromatic carbocycles. The summed E-state index contributed by atoms with van der Waals surface area (Å²) < 4.78 is 7.99. The van der Waals surface area contributed by atoms with Crippen molar-refractivity contribution in [3.05, 3.63) is 53.4 Å². The van der Waals surface area contributed by atoms with Gasteiger partial charge in [-0.15, -0.1) is 10.2 Å². The Morgan fingerprint density at radius 1 is 1.00 bits per heavy atom. The molecule has 128 valence electrons. The number of aliphatic hydroxyl groups is 1. The molecule has 0 unspecified atom stereocenters. The Morgan fingerprint density at radius 3 is 2.48 bits per heavy atom. The number of pyridine rings is 1. The number of benzene rings is 1. The lowest BCUT2D eigenvalue weighted by atomic mass is 9.83. The Hall–Kier alpha value is -2.11. The van der Waals surface area contributed by atoms with Crippen LogP contribution in [0.25, 0.3) is 5.65 Å². The number of nitrogens with zero attached hydrogens (tertiary/aromatic N) is 3.